The van der Waals surface area contributed by atoms with Crippen LogP contribution in [0.25, 0.3) is 10.9 Å². The number of anilines is 1. The van der Waals surface area contributed by atoms with Crippen LogP contribution in [-0.4, -0.2) is 40.7 Å². The molecule has 1 unspecified atom stereocenters. The van der Waals surface area contributed by atoms with Crippen LogP contribution >= 0.6 is 11.6 Å². The molecule has 1 heterocycles. The van der Waals surface area contributed by atoms with Gasteiger partial charge in [0.2, 0.25) is 0 Å². The highest BCUT2D eigenvalue weighted by Crippen LogP contribution is 2.23. The minimum absolute atomic E-state index is 0.150. The number of hydrogen-bond acceptors (Lipinski definition) is 4. The van der Waals surface area contributed by atoms with Crippen molar-refractivity contribution in [2.45, 2.75) is 19.5 Å². The second-order valence-electron chi connectivity index (χ2n) is 8.17. The molecule has 0 spiro atoms. The van der Waals surface area contributed by atoms with Crippen molar-refractivity contribution in [3.8, 4) is 0 Å². The maximum Gasteiger partial charge on any atom is 0.322 e. The number of ether oxygens (including phenoxy) is 1. The minimum Gasteiger partial charge on any atom is -0.383 e. The van der Waals surface area contributed by atoms with Crippen molar-refractivity contribution in [3.05, 3.63) is 106 Å². The number of halogens is 1. The van der Waals surface area contributed by atoms with Crippen LogP contribution in [0.1, 0.15) is 24.4 Å². The summed E-state index contributed by atoms with van der Waals surface area (Å²) < 4.78 is 6.91. The van der Waals surface area contributed by atoms with E-state index >= 15 is 0 Å². The molecule has 35 heavy (non-hydrogen) atoms. The summed E-state index contributed by atoms with van der Waals surface area (Å²) in [6.45, 7) is 2.83. The van der Waals surface area contributed by atoms with Crippen LogP contribution < -0.4 is 10.9 Å². The smallest absolute Gasteiger partial charge is 0.322 e. The van der Waals surface area contributed by atoms with Crippen LogP contribution in [0.3, 0.4) is 0 Å². The fraction of sp³-hybridized carbons (Fsp3) is 0.222. The molecule has 0 aliphatic heterocycles. The Labute approximate surface area is 208 Å². The largest absolute Gasteiger partial charge is 0.383 e. The zero-order valence-corrected chi connectivity index (χ0v) is 20.4. The lowest BCUT2D eigenvalue weighted by molar-refractivity contribution is 0.136. The molecule has 7 nitrogen and oxygen atoms in total. The monoisotopic (exact) mass is 490 g/mol. The van der Waals surface area contributed by atoms with Crippen molar-refractivity contribution in [2.75, 3.05) is 25.6 Å². The van der Waals surface area contributed by atoms with Crippen molar-refractivity contribution >= 4 is 34.2 Å². The lowest BCUT2D eigenvalue weighted by Crippen LogP contribution is -2.41. The number of carbonyl (C=O) groups excluding carboxylic acids is 1. The summed E-state index contributed by atoms with van der Waals surface area (Å²) in [7, 11) is 1.58. The van der Waals surface area contributed by atoms with E-state index in [2.05, 4.69) is 5.32 Å². The molecule has 1 N–H and O–H groups in total. The van der Waals surface area contributed by atoms with E-state index in [1.54, 1.807) is 46.9 Å². The molecule has 0 aliphatic rings. The summed E-state index contributed by atoms with van der Waals surface area (Å²) in [5.41, 5.74) is 1.98. The fourth-order valence-electron chi connectivity index (χ4n) is 3.98. The molecule has 0 saturated heterocycles. The highest BCUT2D eigenvalue weighted by atomic mass is 35.5. The number of amides is 2. The molecule has 180 valence electrons. The van der Waals surface area contributed by atoms with E-state index in [-0.39, 0.29) is 11.6 Å². The lowest BCUT2D eigenvalue weighted by Gasteiger charge is -2.30. The molecule has 2 amide bonds. The van der Waals surface area contributed by atoms with E-state index in [1.807, 2.05) is 55.5 Å². The Morgan fingerprint density at radius 1 is 1.09 bits per heavy atom. The molecule has 3 aromatic carbocycles. The number of aromatic nitrogens is 2. The van der Waals surface area contributed by atoms with Gasteiger partial charge in [-0.25, -0.2) is 9.78 Å². The summed E-state index contributed by atoms with van der Waals surface area (Å²) in [6.07, 6.45) is 0. The summed E-state index contributed by atoms with van der Waals surface area (Å²) in [5.74, 6) is 0.495. The van der Waals surface area contributed by atoms with Crippen LogP contribution in [0, 0.1) is 0 Å². The summed E-state index contributed by atoms with van der Waals surface area (Å²) >= 11 is 6.09. The van der Waals surface area contributed by atoms with E-state index in [1.165, 1.54) is 0 Å². The molecule has 0 aliphatic carbocycles. The van der Waals surface area contributed by atoms with Gasteiger partial charge >= 0.3 is 6.03 Å². The molecule has 0 saturated carbocycles. The standard InChI is InChI=1S/C27H27ClN4O3/c1-19(31(15-16-35-2)27(34)29-22-12-8-11-21(28)17-22)25-30-24-14-7-6-13-23(24)26(33)32(25)18-20-9-4-3-5-10-20/h3-14,17,19H,15-16,18H2,1-2H3,(H,29,34). The first-order valence-corrected chi connectivity index (χ1v) is 11.7. The van der Waals surface area contributed by atoms with Crippen LogP contribution in [-0.2, 0) is 11.3 Å². The van der Waals surface area contributed by atoms with Crippen LogP contribution in [0.15, 0.2) is 83.7 Å². The number of methoxy groups -OCH3 is 1. The van der Waals surface area contributed by atoms with Gasteiger partial charge < -0.3 is 15.0 Å². The Morgan fingerprint density at radius 3 is 2.57 bits per heavy atom. The van der Waals surface area contributed by atoms with Crippen molar-refractivity contribution in [1.29, 1.82) is 0 Å². The van der Waals surface area contributed by atoms with Crippen molar-refractivity contribution < 1.29 is 9.53 Å². The summed E-state index contributed by atoms with van der Waals surface area (Å²) in [5, 5.41) is 3.95. The van der Waals surface area contributed by atoms with Gasteiger partial charge in [0.25, 0.3) is 5.56 Å². The van der Waals surface area contributed by atoms with Gasteiger partial charge in [-0.2, -0.15) is 0 Å². The van der Waals surface area contributed by atoms with Crippen molar-refractivity contribution in [3.63, 3.8) is 0 Å². The Bertz CT molecular complexity index is 1370. The Balaban J connectivity index is 1.76. The first-order chi connectivity index (χ1) is 17.0. The Kier molecular flexibility index (Phi) is 7.80. The third-order valence-corrected chi connectivity index (χ3v) is 6.02. The molecule has 1 atom stereocenters. The Morgan fingerprint density at radius 2 is 1.83 bits per heavy atom. The van der Waals surface area contributed by atoms with Gasteiger partial charge in [0.1, 0.15) is 5.82 Å². The van der Waals surface area contributed by atoms with Crippen LogP contribution in [0.5, 0.6) is 0 Å². The van der Waals surface area contributed by atoms with Gasteiger partial charge in [-0.05, 0) is 42.8 Å². The molecular weight excluding hydrogens is 464 g/mol. The molecular formula is C27H27ClN4O3. The molecule has 0 fully saturated rings. The van der Waals surface area contributed by atoms with Gasteiger partial charge in [0.15, 0.2) is 0 Å². The normalized spacial score (nSPS) is 11.9. The van der Waals surface area contributed by atoms with Gasteiger partial charge in [-0.3, -0.25) is 9.36 Å². The van der Waals surface area contributed by atoms with Gasteiger partial charge in [0.05, 0.1) is 30.1 Å². The molecule has 8 heteroatoms. The number of benzene rings is 3. The zero-order valence-electron chi connectivity index (χ0n) is 19.6. The fourth-order valence-corrected chi connectivity index (χ4v) is 4.17. The molecule has 4 rings (SSSR count). The zero-order chi connectivity index (χ0) is 24.8. The SMILES string of the molecule is COCCN(C(=O)Nc1cccc(Cl)c1)C(C)c1nc2ccccc2c(=O)n1Cc1ccccc1. The van der Waals surface area contributed by atoms with E-state index in [4.69, 9.17) is 21.3 Å². The predicted molar refractivity (Wildman–Crippen MR) is 139 cm³/mol. The van der Waals surface area contributed by atoms with Gasteiger partial charge in [-0.15, -0.1) is 0 Å². The number of nitrogens with zero attached hydrogens (tertiary/aromatic N) is 3. The minimum atomic E-state index is -0.523. The highest BCUT2D eigenvalue weighted by molar-refractivity contribution is 6.30. The van der Waals surface area contributed by atoms with E-state index in [9.17, 15) is 9.59 Å². The van der Waals surface area contributed by atoms with Crippen molar-refractivity contribution in [1.82, 2.24) is 14.5 Å². The number of rotatable bonds is 8. The summed E-state index contributed by atoms with van der Waals surface area (Å²) in [6, 6.07) is 23.1. The topological polar surface area (TPSA) is 76.5 Å². The molecule has 0 radical (unpaired) electrons. The number of urea groups is 1. The highest BCUT2D eigenvalue weighted by Gasteiger charge is 2.26. The first kappa shape index (κ1) is 24.4. The third-order valence-electron chi connectivity index (χ3n) is 5.79. The van der Waals surface area contributed by atoms with E-state index < -0.39 is 6.04 Å². The molecule has 0 bridgehead atoms. The number of nitrogens with one attached hydrogen (secondary N) is 1. The summed E-state index contributed by atoms with van der Waals surface area (Å²) in [4.78, 5) is 33.4. The number of para-hydroxylation sites is 1. The van der Waals surface area contributed by atoms with E-state index in [0.29, 0.717) is 47.1 Å². The molecule has 1 aromatic heterocycles. The predicted octanol–water partition coefficient (Wildman–Crippen LogP) is 5.34. The first-order valence-electron chi connectivity index (χ1n) is 11.3. The van der Waals surface area contributed by atoms with Crippen LogP contribution in [0.4, 0.5) is 10.5 Å². The van der Waals surface area contributed by atoms with Crippen molar-refractivity contribution in [2.24, 2.45) is 0 Å². The number of fused-ring (bicyclic) bond motifs is 1. The average molecular weight is 491 g/mol. The molecule has 4 aromatic rings. The lowest BCUT2D eigenvalue weighted by atomic mass is 10.1. The third kappa shape index (κ3) is 5.70. The van der Waals surface area contributed by atoms with Gasteiger partial charge in [0, 0.05) is 24.4 Å². The number of carbonyl (C=O) groups is 1. The maximum absolute atomic E-state index is 13.6. The quantitative estimate of drug-likeness (QED) is 0.361. The second kappa shape index (κ2) is 11.2. The van der Waals surface area contributed by atoms with Crippen LogP contribution in [0.2, 0.25) is 5.02 Å². The maximum atomic E-state index is 13.6. The average Bonchev–Trinajstić information content (AvgIpc) is 2.86. The van der Waals surface area contributed by atoms with Gasteiger partial charge in [-0.1, -0.05) is 60.1 Å². The van der Waals surface area contributed by atoms with E-state index in [0.717, 1.165) is 5.56 Å². The Hall–Kier alpha value is -3.68. The number of hydrogen-bond donors (Lipinski definition) is 1. The second-order valence-corrected chi connectivity index (χ2v) is 8.60.